The van der Waals surface area contributed by atoms with E-state index in [1.54, 1.807) is 36.4 Å². The summed E-state index contributed by atoms with van der Waals surface area (Å²) in [5.41, 5.74) is 3.46. The fourth-order valence-electron chi connectivity index (χ4n) is 2.72. The molecule has 0 radical (unpaired) electrons. The minimum absolute atomic E-state index is 0.172. The first-order valence-electron chi connectivity index (χ1n) is 8.77. The molecule has 0 aromatic heterocycles. The zero-order valence-electron chi connectivity index (χ0n) is 15.4. The van der Waals surface area contributed by atoms with Crippen molar-refractivity contribution in [3.05, 3.63) is 101 Å². The second-order valence-corrected chi connectivity index (χ2v) is 6.18. The Morgan fingerprint density at radius 3 is 2.21 bits per heavy atom. The van der Waals surface area contributed by atoms with Gasteiger partial charge in [0.05, 0.1) is 28.8 Å². The molecule has 3 aromatic carbocycles. The number of allylic oxidation sites excluding steroid dienone is 1. The number of nitriles is 2. The van der Waals surface area contributed by atoms with E-state index in [1.807, 2.05) is 30.3 Å². The molecule has 140 valence electrons. The second-order valence-electron chi connectivity index (χ2n) is 6.18. The highest BCUT2D eigenvalue weighted by Gasteiger charge is 2.06. The van der Waals surface area contributed by atoms with Crippen LogP contribution in [-0.2, 0) is 6.61 Å². The van der Waals surface area contributed by atoms with Crippen LogP contribution in [-0.4, -0.2) is 11.1 Å². The van der Waals surface area contributed by atoms with Gasteiger partial charge < -0.3 is 9.84 Å². The number of aromatic carboxylic acids is 1. The van der Waals surface area contributed by atoms with Gasteiger partial charge in [-0.3, -0.25) is 0 Å². The lowest BCUT2D eigenvalue weighted by Gasteiger charge is -2.08. The van der Waals surface area contributed by atoms with E-state index in [0.29, 0.717) is 22.4 Å². The molecule has 0 aliphatic heterocycles. The fourth-order valence-corrected chi connectivity index (χ4v) is 2.72. The predicted molar refractivity (Wildman–Crippen MR) is 109 cm³/mol. The number of ether oxygens (including phenoxy) is 1. The van der Waals surface area contributed by atoms with E-state index in [-0.39, 0.29) is 12.2 Å². The van der Waals surface area contributed by atoms with E-state index >= 15 is 0 Å². The number of nitrogens with zero attached hydrogens (tertiary/aromatic N) is 2. The molecule has 1 N–H and O–H groups in total. The Balaban J connectivity index is 1.72. The van der Waals surface area contributed by atoms with E-state index in [9.17, 15) is 10.1 Å². The largest absolute Gasteiger partial charge is 0.489 e. The number of benzene rings is 3. The molecule has 0 saturated carbocycles. The third-order valence-electron chi connectivity index (χ3n) is 4.29. The summed E-state index contributed by atoms with van der Waals surface area (Å²) in [6.07, 6.45) is 1.73. The van der Waals surface area contributed by atoms with Crippen molar-refractivity contribution in [2.45, 2.75) is 6.61 Å². The molecule has 29 heavy (non-hydrogen) atoms. The highest BCUT2D eigenvalue weighted by molar-refractivity contribution is 5.92. The van der Waals surface area contributed by atoms with Crippen LogP contribution in [0.2, 0.25) is 0 Å². The van der Waals surface area contributed by atoms with Gasteiger partial charge in [-0.1, -0.05) is 42.5 Å². The number of rotatable bonds is 6. The Kier molecular flexibility index (Phi) is 6.05. The van der Waals surface area contributed by atoms with Crippen LogP contribution in [0.4, 0.5) is 0 Å². The van der Waals surface area contributed by atoms with Crippen LogP contribution in [0, 0.1) is 22.7 Å². The molecule has 3 rings (SSSR count). The number of carboxylic acids is 1. The molecule has 0 amide bonds. The molecule has 0 spiro atoms. The van der Waals surface area contributed by atoms with Gasteiger partial charge in [0.25, 0.3) is 0 Å². The van der Waals surface area contributed by atoms with Gasteiger partial charge in [0.2, 0.25) is 0 Å². The van der Waals surface area contributed by atoms with Gasteiger partial charge in [-0.05, 0) is 47.5 Å². The van der Waals surface area contributed by atoms with Crippen molar-refractivity contribution in [2.75, 3.05) is 0 Å². The lowest BCUT2D eigenvalue weighted by Crippen LogP contribution is -1.98. The topological polar surface area (TPSA) is 94.1 Å². The Morgan fingerprint density at radius 2 is 1.59 bits per heavy atom. The van der Waals surface area contributed by atoms with Crippen molar-refractivity contribution >= 4 is 17.6 Å². The lowest BCUT2D eigenvalue weighted by atomic mass is 10.0. The zero-order valence-corrected chi connectivity index (χ0v) is 15.4. The molecule has 0 atom stereocenters. The van der Waals surface area contributed by atoms with Gasteiger partial charge in [-0.2, -0.15) is 10.5 Å². The fraction of sp³-hybridized carbons (Fsp3) is 0.0417. The van der Waals surface area contributed by atoms with Crippen LogP contribution >= 0.6 is 0 Å². The van der Waals surface area contributed by atoms with Crippen LogP contribution < -0.4 is 4.74 Å². The molecule has 0 bridgehead atoms. The normalized spacial score (nSPS) is 10.6. The summed E-state index contributed by atoms with van der Waals surface area (Å²) in [6.45, 7) is 0.290. The molecule has 5 heteroatoms. The molecule has 0 heterocycles. The first kappa shape index (κ1) is 19.4. The third-order valence-corrected chi connectivity index (χ3v) is 4.29. The number of hydrogen-bond donors (Lipinski definition) is 1. The summed E-state index contributed by atoms with van der Waals surface area (Å²) >= 11 is 0. The molecule has 0 aliphatic rings. The predicted octanol–water partition coefficient (Wildman–Crippen LogP) is 4.90. The molecule has 0 aliphatic carbocycles. The average Bonchev–Trinajstić information content (AvgIpc) is 2.77. The molecule has 0 unspecified atom stereocenters. The van der Waals surface area contributed by atoms with Crippen molar-refractivity contribution in [2.24, 2.45) is 0 Å². The van der Waals surface area contributed by atoms with Crippen molar-refractivity contribution < 1.29 is 14.6 Å². The number of carbonyl (C=O) groups is 1. The third kappa shape index (κ3) is 4.88. The van der Waals surface area contributed by atoms with Crippen LogP contribution in [0.1, 0.15) is 32.6 Å². The summed E-state index contributed by atoms with van der Waals surface area (Å²) in [5, 5.41) is 27.5. The van der Waals surface area contributed by atoms with Gasteiger partial charge in [-0.25, -0.2) is 4.79 Å². The molecule has 0 saturated heterocycles. The van der Waals surface area contributed by atoms with Crippen LogP contribution in [0.3, 0.4) is 0 Å². The summed E-state index contributed by atoms with van der Waals surface area (Å²) in [6, 6.07) is 25.0. The molecular weight excluding hydrogens is 364 g/mol. The molecule has 5 nitrogen and oxygen atoms in total. The maximum Gasteiger partial charge on any atom is 0.335 e. The van der Waals surface area contributed by atoms with E-state index in [2.05, 4.69) is 12.1 Å². The average molecular weight is 380 g/mol. The van der Waals surface area contributed by atoms with Gasteiger partial charge in [0.15, 0.2) is 0 Å². The van der Waals surface area contributed by atoms with Crippen LogP contribution in [0.25, 0.3) is 11.6 Å². The van der Waals surface area contributed by atoms with Crippen LogP contribution in [0.15, 0.2) is 72.8 Å². The van der Waals surface area contributed by atoms with E-state index in [0.717, 1.165) is 11.1 Å². The Bertz CT molecular complexity index is 1130. The summed E-state index contributed by atoms with van der Waals surface area (Å²) in [7, 11) is 0. The number of carboxylic acid groups (broad SMARTS) is 1. The summed E-state index contributed by atoms with van der Waals surface area (Å²) in [5.74, 6) is -0.355. The standard InChI is InChI=1S/C24H16N2O3/c25-14-20-3-1-2-4-21(20)16-29-23-11-5-17(6-12-23)13-22(15-26)18-7-9-19(10-8-18)24(27)28/h1-13H,16H2,(H,27,28)/b22-13+. The smallest absolute Gasteiger partial charge is 0.335 e. The highest BCUT2D eigenvalue weighted by Crippen LogP contribution is 2.21. The zero-order chi connectivity index (χ0) is 20.6. The van der Waals surface area contributed by atoms with Crippen molar-refractivity contribution in [1.29, 1.82) is 10.5 Å². The van der Waals surface area contributed by atoms with E-state index < -0.39 is 5.97 Å². The monoisotopic (exact) mass is 380 g/mol. The second kappa shape index (κ2) is 9.03. The summed E-state index contributed by atoms with van der Waals surface area (Å²) < 4.78 is 5.75. The van der Waals surface area contributed by atoms with Crippen molar-refractivity contribution in [3.63, 3.8) is 0 Å². The quantitative estimate of drug-likeness (QED) is 0.485. The first-order valence-corrected chi connectivity index (χ1v) is 8.77. The minimum atomic E-state index is -1.01. The number of hydrogen-bond acceptors (Lipinski definition) is 4. The summed E-state index contributed by atoms with van der Waals surface area (Å²) in [4.78, 5) is 10.9. The maximum absolute atomic E-state index is 10.9. The Hall–Kier alpha value is -4.35. The van der Waals surface area contributed by atoms with Gasteiger partial charge >= 0.3 is 5.97 Å². The molecule has 3 aromatic rings. The Morgan fingerprint density at radius 1 is 0.931 bits per heavy atom. The molecule has 0 fully saturated rings. The SMILES string of the molecule is N#C/C(=C\c1ccc(OCc2ccccc2C#N)cc1)c1ccc(C(=O)O)cc1. The first-order chi connectivity index (χ1) is 14.1. The maximum atomic E-state index is 10.9. The van der Waals surface area contributed by atoms with Gasteiger partial charge in [0.1, 0.15) is 12.4 Å². The van der Waals surface area contributed by atoms with Gasteiger partial charge in [0, 0.05) is 5.56 Å². The van der Waals surface area contributed by atoms with Gasteiger partial charge in [-0.15, -0.1) is 0 Å². The minimum Gasteiger partial charge on any atom is -0.489 e. The van der Waals surface area contributed by atoms with E-state index in [4.69, 9.17) is 15.1 Å². The Labute approximate surface area is 168 Å². The van der Waals surface area contributed by atoms with Crippen molar-refractivity contribution in [1.82, 2.24) is 0 Å². The highest BCUT2D eigenvalue weighted by atomic mass is 16.5. The molecular formula is C24H16N2O3. The van der Waals surface area contributed by atoms with E-state index in [1.165, 1.54) is 12.1 Å². The van der Waals surface area contributed by atoms with Crippen LogP contribution in [0.5, 0.6) is 5.75 Å². The lowest BCUT2D eigenvalue weighted by molar-refractivity contribution is 0.0697. The van der Waals surface area contributed by atoms with Crippen molar-refractivity contribution in [3.8, 4) is 17.9 Å².